The van der Waals surface area contributed by atoms with Crippen LogP contribution in [0, 0.1) is 20.8 Å². The van der Waals surface area contributed by atoms with Crippen molar-refractivity contribution in [1.29, 1.82) is 0 Å². The van der Waals surface area contributed by atoms with Crippen LogP contribution in [0.4, 0.5) is 0 Å². The first kappa shape index (κ1) is 21.7. The normalized spacial score (nSPS) is 15.7. The van der Waals surface area contributed by atoms with Crippen LogP contribution in [0.1, 0.15) is 77.3 Å². The first-order valence-corrected chi connectivity index (χ1v) is 11.8. The third-order valence-electron chi connectivity index (χ3n) is 7.36. The highest BCUT2D eigenvalue weighted by atomic mass is 16.3. The Hall–Kier alpha value is -3.18. The number of rotatable bonds is 2. The molecule has 8 bridgehead atoms. The lowest BCUT2D eigenvalue weighted by Gasteiger charge is -2.00. The fraction of sp³-hybridized carbons (Fsp3) is 0.357. The molecule has 0 aliphatic carbocycles. The van der Waals surface area contributed by atoms with Crippen molar-refractivity contribution >= 4 is 33.7 Å². The molecule has 0 fully saturated rings. The number of hydrogen-bond acceptors (Lipinski definition) is 3. The number of hydrogen-bond donors (Lipinski definition) is 3. The Balaban J connectivity index is 1.98. The Morgan fingerprint density at radius 2 is 1.55 bits per heavy atom. The van der Waals surface area contributed by atoms with E-state index in [1.165, 1.54) is 16.7 Å². The van der Waals surface area contributed by atoms with Gasteiger partial charge in [-0.2, -0.15) is 0 Å². The second-order valence-electron chi connectivity index (χ2n) is 9.48. The number of aryl methyl sites for hydroxylation is 3. The minimum Gasteiger partial charge on any atom is -0.392 e. The lowest BCUT2D eigenvalue weighted by molar-refractivity contribution is 0.283. The van der Waals surface area contributed by atoms with Crippen molar-refractivity contribution in [3.05, 3.63) is 68.8 Å². The highest BCUT2D eigenvalue weighted by molar-refractivity contribution is 5.85. The number of aliphatic hydroxyl groups is 1. The van der Waals surface area contributed by atoms with Gasteiger partial charge in [-0.1, -0.05) is 13.8 Å². The molecule has 5 rings (SSSR count). The predicted octanol–water partition coefficient (Wildman–Crippen LogP) is 6.20. The quantitative estimate of drug-likeness (QED) is 0.444. The van der Waals surface area contributed by atoms with Crippen LogP contribution in [-0.4, -0.2) is 25.0 Å². The van der Waals surface area contributed by atoms with Crippen LogP contribution in [0.2, 0.25) is 0 Å². The van der Waals surface area contributed by atoms with Gasteiger partial charge in [0, 0.05) is 44.9 Å². The van der Waals surface area contributed by atoms with Crippen LogP contribution in [0.15, 0.2) is 18.2 Å². The summed E-state index contributed by atoms with van der Waals surface area (Å²) in [6, 6.07) is 6.44. The molecule has 3 aromatic rings. The summed E-state index contributed by atoms with van der Waals surface area (Å²) in [6.07, 6.45) is 4.02. The molecule has 3 N–H and O–H groups in total. The molecule has 0 radical (unpaired) electrons. The van der Waals surface area contributed by atoms with Crippen LogP contribution >= 0.6 is 0 Å². The van der Waals surface area contributed by atoms with Gasteiger partial charge in [-0.3, -0.25) is 4.98 Å². The third-order valence-corrected chi connectivity index (χ3v) is 7.36. The molecule has 3 aromatic heterocycles. The van der Waals surface area contributed by atoms with E-state index in [-0.39, 0.29) is 6.61 Å². The Bertz CT molecular complexity index is 1470. The minimum absolute atomic E-state index is 0.00716. The summed E-state index contributed by atoms with van der Waals surface area (Å²) in [4.78, 5) is 17.2. The lowest BCUT2D eigenvalue weighted by Crippen LogP contribution is -1.91. The summed E-state index contributed by atoms with van der Waals surface area (Å²) in [5.41, 5.74) is 15.1. The molecular formula is C28H32N4O. The van der Waals surface area contributed by atoms with Gasteiger partial charge in [-0.05, 0) is 92.6 Å². The van der Waals surface area contributed by atoms with Crippen molar-refractivity contribution in [2.45, 2.75) is 66.9 Å². The molecule has 2 aliphatic rings. The van der Waals surface area contributed by atoms with E-state index >= 15 is 0 Å². The molecule has 1 atom stereocenters. The summed E-state index contributed by atoms with van der Waals surface area (Å²) in [6.45, 7) is 12.9. The molecule has 0 aromatic carbocycles. The van der Waals surface area contributed by atoms with Gasteiger partial charge >= 0.3 is 0 Å². The number of nitrogens with zero attached hydrogens (tertiary/aromatic N) is 2. The highest BCUT2D eigenvalue weighted by Gasteiger charge is 2.20. The van der Waals surface area contributed by atoms with Crippen molar-refractivity contribution in [3.8, 4) is 0 Å². The van der Waals surface area contributed by atoms with Crippen LogP contribution < -0.4 is 0 Å². The molecule has 0 saturated heterocycles. The summed E-state index contributed by atoms with van der Waals surface area (Å²) >= 11 is 0. The molecular weight excluding hydrogens is 408 g/mol. The van der Waals surface area contributed by atoms with E-state index in [4.69, 9.17) is 9.97 Å². The number of aromatic nitrogens is 4. The van der Waals surface area contributed by atoms with Gasteiger partial charge in [-0.15, -0.1) is 0 Å². The van der Waals surface area contributed by atoms with Crippen LogP contribution in [-0.2, 0) is 19.4 Å². The van der Waals surface area contributed by atoms with Crippen LogP contribution in [0.3, 0.4) is 0 Å². The molecule has 0 spiro atoms. The molecule has 0 amide bonds. The molecule has 0 saturated carbocycles. The van der Waals surface area contributed by atoms with Gasteiger partial charge in [-0.25, -0.2) is 4.98 Å². The number of allylic oxidation sites excluding steroid dienone is 1. The summed E-state index contributed by atoms with van der Waals surface area (Å²) in [5, 5.41) is 10.2. The fourth-order valence-corrected chi connectivity index (χ4v) is 5.11. The zero-order valence-electron chi connectivity index (χ0n) is 20.3. The second-order valence-corrected chi connectivity index (χ2v) is 9.48. The molecule has 5 heteroatoms. The number of aliphatic hydroxyl groups excluding tert-OH is 1. The van der Waals surface area contributed by atoms with E-state index in [0.717, 1.165) is 74.4 Å². The zero-order chi connectivity index (χ0) is 23.4. The number of nitrogens with one attached hydrogen (secondary N) is 2. The monoisotopic (exact) mass is 440 g/mol. The average Bonchev–Trinajstić information content (AvgIpc) is 3.49. The van der Waals surface area contributed by atoms with Crippen molar-refractivity contribution in [2.24, 2.45) is 0 Å². The Morgan fingerprint density at radius 1 is 0.879 bits per heavy atom. The highest BCUT2D eigenvalue weighted by Crippen LogP contribution is 2.31. The molecule has 5 nitrogen and oxygen atoms in total. The first-order chi connectivity index (χ1) is 15.8. The first-order valence-electron chi connectivity index (χ1n) is 11.8. The maximum atomic E-state index is 10.2. The maximum Gasteiger partial charge on any atom is 0.0705 e. The van der Waals surface area contributed by atoms with Gasteiger partial charge in [0.15, 0.2) is 0 Å². The topological polar surface area (TPSA) is 77.6 Å². The van der Waals surface area contributed by atoms with Gasteiger partial charge in [0.1, 0.15) is 0 Å². The molecule has 170 valence electrons. The smallest absolute Gasteiger partial charge is 0.0705 e. The lowest BCUT2D eigenvalue weighted by atomic mass is 10.0. The van der Waals surface area contributed by atoms with Gasteiger partial charge < -0.3 is 15.1 Å². The van der Waals surface area contributed by atoms with E-state index in [0.29, 0.717) is 5.92 Å². The van der Waals surface area contributed by atoms with E-state index in [2.05, 4.69) is 75.8 Å². The standard InChI is InChI=1S/C28H32N4O/c1-7-19-16(4)26-12-28-20(13-33)17(5)25(32-28)10-21-14(2)8-23(29-21)18(6)24-9-15(3)22(30-24)11-27(19)31-26/h9-12,14,31-33H,7-8,13H2,1-6H3/t14-/m0/s1. The molecule has 33 heavy (non-hydrogen) atoms. The minimum atomic E-state index is -0.00716. The summed E-state index contributed by atoms with van der Waals surface area (Å²) in [7, 11) is 0. The van der Waals surface area contributed by atoms with Crippen LogP contribution in [0.5, 0.6) is 0 Å². The Kier molecular flexibility index (Phi) is 5.25. The van der Waals surface area contributed by atoms with Crippen molar-refractivity contribution in [3.63, 3.8) is 0 Å². The zero-order valence-corrected chi connectivity index (χ0v) is 20.3. The van der Waals surface area contributed by atoms with Gasteiger partial charge in [0.25, 0.3) is 0 Å². The fourth-order valence-electron chi connectivity index (χ4n) is 5.11. The second kappa shape index (κ2) is 7.99. The number of H-pyrrole nitrogens is 2. The van der Waals surface area contributed by atoms with Crippen molar-refractivity contribution < 1.29 is 5.11 Å². The summed E-state index contributed by atoms with van der Waals surface area (Å²) < 4.78 is 0. The number of aromatic amines is 2. The summed E-state index contributed by atoms with van der Waals surface area (Å²) in [5.74, 6) is 0.334. The third kappa shape index (κ3) is 3.51. The Labute approximate surface area is 194 Å². The SMILES string of the molecule is CCc1c(C)c2cc3[nH]c(cc4nc(c(C)c5nc(cc1[nH]2)C(C)=C5)C[C@@H]4C)c(C)c3CO. The molecule has 5 heterocycles. The van der Waals surface area contributed by atoms with Crippen molar-refractivity contribution in [2.75, 3.05) is 0 Å². The van der Waals surface area contributed by atoms with E-state index in [1.807, 2.05) is 0 Å². The molecule has 2 aliphatic heterocycles. The van der Waals surface area contributed by atoms with E-state index < -0.39 is 0 Å². The number of fused-ring (bicyclic) bond motifs is 8. The molecule has 0 unspecified atom stereocenters. The largest absolute Gasteiger partial charge is 0.392 e. The average molecular weight is 441 g/mol. The van der Waals surface area contributed by atoms with E-state index in [9.17, 15) is 5.11 Å². The predicted molar refractivity (Wildman–Crippen MR) is 136 cm³/mol. The Morgan fingerprint density at radius 3 is 2.24 bits per heavy atom. The van der Waals surface area contributed by atoms with Gasteiger partial charge in [0.05, 0.1) is 18.0 Å². The van der Waals surface area contributed by atoms with Crippen molar-refractivity contribution in [1.82, 2.24) is 19.9 Å². The maximum absolute atomic E-state index is 10.2. The van der Waals surface area contributed by atoms with Crippen LogP contribution in [0.25, 0.3) is 33.7 Å². The van der Waals surface area contributed by atoms with Gasteiger partial charge in [0.2, 0.25) is 0 Å². The van der Waals surface area contributed by atoms with E-state index in [1.54, 1.807) is 0 Å².